The first-order valence-corrected chi connectivity index (χ1v) is 29.6. The second-order valence-electron chi connectivity index (χ2n) is 22.3. The number of amides is 3. The smallest absolute Gasteiger partial charge is 0.407 e. The molecular formula is C71H80F6N2O5. The summed E-state index contributed by atoms with van der Waals surface area (Å²) in [6.07, 6.45) is 11.0. The summed E-state index contributed by atoms with van der Waals surface area (Å²) in [6, 6.07) is 24.7. The molecule has 0 radical (unpaired) electrons. The lowest BCUT2D eigenvalue weighted by molar-refractivity contribution is -0.314. The summed E-state index contributed by atoms with van der Waals surface area (Å²) in [5.74, 6) is -1.28. The zero-order valence-corrected chi connectivity index (χ0v) is 49.8. The van der Waals surface area contributed by atoms with Crippen LogP contribution in [0.4, 0.5) is 32.0 Å². The van der Waals surface area contributed by atoms with Gasteiger partial charge in [0.05, 0.1) is 6.54 Å². The van der Waals surface area contributed by atoms with Crippen LogP contribution in [-0.4, -0.2) is 47.1 Å². The number of carbonyl (C=O) groups is 3. The van der Waals surface area contributed by atoms with Crippen molar-refractivity contribution < 1.29 is 50.2 Å². The number of imide groups is 1. The van der Waals surface area contributed by atoms with Gasteiger partial charge in [0.15, 0.2) is 5.41 Å². The van der Waals surface area contributed by atoms with E-state index in [9.17, 15) is 14.4 Å². The Bertz CT molecular complexity index is 3210. The maximum Gasteiger partial charge on any atom is 0.407 e. The second kappa shape index (κ2) is 27.1. The minimum Gasteiger partial charge on any atom is -0.490 e. The van der Waals surface area contributed by atoms with Gasteiger partial charge in [-0.25, -0.2) is 0 Å². The van der Waals surface area contributed by atoms with Gasteiger partial charge in [0.2, 0.25) is 0 Å². The molecule has 7 rings (SSSR count). The van der Waals surface area contributed by atoms with Crippen LogP contribution in [0.25, 0.3) is 0 Å². The molecule has 84 heavy (non-hydrogen) atoms. The van der Waals surface area contributed by atoms with Crippen LogP contribution in [0.5, 0.6) is 17.2 Å². The van der Waals surface area contributed by atoms with E-state index >= 15 is 26.3 Å². The van der Waals surface area contributed by atoms with Crippen LogP contribution in [0.2, 0.25) is 0 Å². The quantitative estimate of drug-likeness (QED) is 0.0257. The Kier molecular flexibility index (Phi) is 20.7. The van der Waals surface area contributed by atoms with E-state index in [0.29, 0.717) is 78.0 Å². The van der Waals surface area contributed by atoms with Crippen molar-refractivity contribution in [2.45, 2.75) is 161 Å². The lowest BCUT2D eigenvalue weighted by atomic mass is 9.65. The number of alkyl halides is 6. The molecule has 4 aromatic rings. The van der Waals surface area contributed by atoms with Crippen LogP contribution in [0.15, 0.2) is 187 Å². The maximum atomic E-state index is 15.1. The first-order chi connectivity index (χ1) is 40.1. The van der Waals surface area contributed by atoms with Crippen LogP contribution >= 0.6 is 0 Å². The highest BCUT2D eigenvalue weighted by molar-refractivity contribution is 6.21. The number of allylic oxidation sites excluding steroid dienone is 10. The number of nitrogens with zero attached hydrogens (tertiary/aromatic N) is 2. The van der Waals surface area contributed by atoms with Crippen LogP contribution in [-0.2, 0) is 27.0 Å². The van der Waals surface area contributed by atoms with Crippen LogP contribution in [0.3, 0.4) is 0 Å². The van der Waals surface area contributed by atoms with Gasteiger partial charge < -0.3 is 14.4 Å². The molecule has 0 N–H and O–H groups in total. The number of anilines is 1. The number of hydrogen-bond donors (Lipinski definition) is 0. The normalized spacial score (nSPS) is 17.0. The number of carbonyl (C=O) groups excluding carboxylic acids is 3. The second-order valence-corrected chi connectivity index (χ2v) is 22.3. The van der Waals surface area contributed by atoms with Crippen molar-refractivity contribution >= 4 is 23.4 Å². The van der Waals surface area contributed by atoms with Crippen molar-refractivity contribution in [2.75, 3.05) is 11.5 Å². The number of ether oxygens (including phenoxy) is 2. The molecular weight excluding hydrogens is 1070 g/mol. The Morgan fingerprint density at radius 2 is 1.35 bits per heavy atom. The average Bonchev–Trinajstić information content (AvgIpc) is 2.06. The molecule has 2 atom stereocenters. The van der Waals surface area contributed by atoms with Crippen molar-refractivity contribution in [1.29, 1.82) is 0 Å². The molecule has 2 heterocycles. The van der Waals surface area contributed by atoms with Gasteiger partial charge >= 0.3 is 12.4 Å². The third-order valence-corrected chi connectivity index (χ3v) is 17.5. The Morgan fingerprint density at radius 3 is 1.88 bits per heavy atom. The summed E-state index contributed by atoms with van der Waals surface area (Å²) >= 11 is 0. The van der Waals surface area contributed by atoms with E-state index in [1.165, 1.54) is 22.0 Å². The molecule has 2 aliphatic heterocycles. The van der Waals surface area contributed by atoms with E-state index in [1.807, 2.05) is 96.1 Å². The predicted octanol–water partition coefficient (Wildman–Crippen LogP) is 19.0. The fourth-order valence-corrected chi connectivity index (χ4v) is 12.1. The highest BCUT2D eigenvalue weighted by Gasteiger charge is 2.74. The molecule has 0 spiro atoms. The predicted molar refractivity (Wildman–Crippen MR) is 324 cm³/mol. The SMILES string of the molecule is C=CCCC(=C)C(/C=C\CC)=C\C(CC)(c1ccc(OC/C=C\C2=C(CCC)C(=O)N(C(C)(CC)CC)C2=O)cc1)c1ccc(Oc2ccc3c(c2)CN(c2ccc(C(C4C=CC(C(CC)CC)=CC4)(C(F)(F)F)C(F)(F)F)cc2)C3=O)cc1. The Hall–Kier alpha value is -7.41. The molecule has 0 saturated carbocycles. The molecule has 1 aliphatic carbocycles. The molecule has 0 aromatic heterocycles. The van der Waals surface area contributed by atoms with E-state index < -0.39 is 52.5 Å². The number of benzene rings is 4. The third-order valence-electron chi connectivity index (χ3n) is 17.5. The Balaban J connectivity index is 1.12. The summed E-state index contributed by atoms with van der Waals surface area (Å²) in [5.41, 5.74) is 0.311. The zero-order chi connectivity index (χ0) is 61.2. The number of hydrogen-bond acceptors (Lipinski definition) is 5. The van der Waals surface area contributed by atoms with Crippen molar-refractivity contribution in [3.05, 3.63) is 215 Å². The Morgan fingerprint density at radius 1 is 0.738 bits per heavy atom. The first kappa shape index (κ1) is 64.2. The van der Waals surface area contributed by atoms with Gasteiger partial charge in [-0.3, -0.25) is 19.3 Å². The largest absolute Gasteiger partial charge is 0.490 e. The molecule has 13 heteroatoms. The van der Waals surface area contributed by atoms with Crippen molar-refractivity contribution in [2.24, 2.45) is 11.8 Å². The van der Waals surface area contributed by atoms with Crippen LogP contribution in [0.1, 0.15) is 159 Å². The minimum atomic E-state index is -5.69. The lowest BCUT2D eigenvalue weighted by Gasteiger charge is -2.43. The fourth-order valence-electron chi connectivity index (χ4n) is 12.1. The molecule has 4 aromatic carbocycles. The number of halogens is 6. The molecule has 0 bridgehead atoms. The molecule has 3 aliphatic rings. The van der Waals surface area contributed by atoms with E-state index in [1.54, 1.807) is 30.4 Å². The number of fused-ring (bicyclic) bond motifs is 1. The van der Waals surface area contributed by atoms with E-state index in [2.05, 4.69) is 45.2 Å². The molecule has 0 fully saturated rings. The van der Waals surface area contributed by atoms with Gasteiger partial charge in [0.1, 0.15) is 23.9 Å². The van der Waals surface area contributed by atoms with Gasteiger partial charge in [-0.15, -0.1) is 6.58 Å². The highest BCUT2D eigenvalue weighted by atomic mass is 19.4. The molecule has 446 valence electrons. The summed E-state index contributed by atoms with van der Waals surface area (Å²) in [5, 5.41) is 0. The summed E-state index contributed by atoms with van der Waals surface area (Å²) < 4.78 is 103. The molecule has 0 saturated heterocycles. The van der Waals surface area contributed by atoms with Gasteiger partial charge in [-0.05, 0) is 183 Å². The fraction of sp³-hybridized carbons (Fsp3) is 0.394. The zero-order valence-electron chi connectivity index (χ0n) is 49.8. The maximum absolute atomic E-state index is 15.1. The van der Waals surface area contributed by atoms with E-state index in [0.717, 1.165) is 83.9 Å². The summed E-state index contributed by atoms with van der Waals surface area (Å²) in [7, 11) is 0. The van der Waals surface area contributed by atoms with Gasteiger partial charge in [0, 0.05) is 39.3 Å². The van der Waals surface area contributed by atoms with Crippen LogP contribution < -0.4 is 14.4 Å². The highest BCUT2D eigenvalue weighted by Crippen LogP contribution is 2.59. The average molecular weight is 1160 g/mol. The van der Waals surface area contributed by atoms with Crippen LogP contribution in [0, 0.1) is 11.8 Å². The van der Waals surface area contributed by atoms with E-state index in [4.69, 9.17) is 9.47 Å². The van der Waals surface area contributed by atoms with Gasteiger partial charge in [0.25, 0.3) is 17.7 Å². The summed E-state index contributed by atoms with van der Waals surface area (Å²) in [4.78, 5) is 43.9. The van der Waals surface area contributed by atoms with Crippen molar-refractivity contribution in [1.82, 2.24) is 4.90 Å². The summed E-state index contributed by atoms with van der Waals surface area (Å²) in [6.45, 7) is 24.6. The first-order valence-electron chi connectivity index (χ1n) is 29.6. The standard InChI is InChI=1S/C71H80F6N2O5/c1-11-19-23-48(9)51(24-20-12-2)46-68(18-8,53-32-38-58(39-33-53)83-44-21-25-63-62(22-13-3)65(81)79(66(63)82)67(10,16-6)17-7)54-34-40-59(41-35-54)84-60-42-43-61-52(45-60)47-78(64(61)80)57-36-30-56(31-37-57)69(70(72,73)74,71(75,76)77)55-28-26-50(27-29-55)49(14-4)15-5/h11,20-21,24-28,30-43,45-46,49,55H,1,9,12-19,22-23,29,44,47H2,2-8,10H3/b24-20-,25-21-,51-46-. The lowest BCUT2D eigenvalue weighted by Crippen LogP contribution is -2.58. The van der Waals surface area contributed by atoms with Gasteiger partial charge in [-0.2, -0.15) is 26.3 Å². The minimum absolute atomic E-state index is 0.0130. The monoisotopic (exact) mass is 1150 g/mol. The van der Waals surface area contributed by atoms with Crippen molar-refractivity contribution in [3.8, 4) is 17.2 Å². The van der Waals surface area contributed by atoms with E-state index in [-0.39, 0.29) is 36.6 Å². The molecule has 2 unspecified atom stereocenters. The third kappa shape index (κ3) is 12.8. The van der Waals surface area contributed by atoms with Crippen molar-refractivity contribution in [3.63, 3.8) is 0 Å². The Labute approximate surface area is 492 Å². The number of rotatable bonds is 27. The molecule has 7 nitrogen and oxygen atoms in total. The topological polar surface area (TPSA) is 76.2 Å². The molecule has 3 amide bonds. The van der Waals surface area contributed by atoms with Gasteiger partial charge in [-0.1, -0.05) is 140 Å².